The van der Waals surface area contributed by atoms with Gasteiger partial charge in [-0.25, -0.2) is 8.78 Å². The quantitative estimate of drug-likeness (QED) is 0.847. The molecular weight excluding hydrogens is 232 g/mol. The van der Waals surface area contributed by atoms with Crippen LogP contribution in [0.5, 0.6) is 0 Å². The Morgan fingerprint density at radius 3 is 2.56 bits per heavy atom. The minimum absolute atomic E-state index is 0. The third-order valence-corrected chi connectivity index (χ3v) is 2.98. The Morgan fingerprint density at radius 1 is 1.19 bits per heavy atom. The highest BCUT2D eigenvalue weighted by molar-refractivity contribution is 5.85. The minimum Gasteiger partial charge on any atom is -0.317 e. The summed E-state index contributed by atoms with van der Waals surface area (Å²) in [7, 11) is 0. The Kier molecular flexibility index (Phi) is 5.16. The van der Waals surface area contributed by atoms with Gasteiger partial charge >= 0.3 is 0 Å². The van der Waals surface area contributed by atoms with Crippen LogP contribution in [0.3, 0.4) is 0 Å². The maximum atomic E-state index is 13.3. The van der Waals surface area contributed by atoms with Gasteiger partial charge in [0, 0.05) is 0 Å². The first kappa shape index (κ1) is 13.4. The monoisotopic (exact) mass is 247 g/mol. The molecule has 1 saturated heterocycles. The molecule has 1 aromatic carbocycles. The normalized spacial score (nSPS) is 16.9. The fourth-order valence-electron chi connectivity index (χ4n) is 2.10. The maximum Gasteiger partial charge on any atom is 0.126 e. The van der Waals surface area contributed by atoms with Gasteiger partial charge in [-0.1, -0.05) is 0 Å². The van der Waals surface area contributed by atoms with Gasteiger partial charge in [0.25, 0.3) is 0 Å². The zero-order valence-electron chi connectivity index (χ0n) is 9.01. The fourth-order valence-corrected chi connectivity index (χ4v) is 2.10. The lowest BCUT2D eigenvalue weighted by atomic mass is 9.91. The van der Waals surface area contributed by atoms with Gasteiger partial charge < -0.3 is 5.32 Å². The van der Waals surface area contributed by atoms with E-state index in [1.54, 1.807) is 0 Å². The number of benzene rings is 1. The fraction of sp³-hybridized carbons (Fsp3) is 0.500. The largest absolute Gasteiger partial charge is 0.317 e. The lowest BCUT2D eigenvalue weighted by Crippen LogP contribution is -2.28. The topological polar surface area (TPSA) is 12.0 Å². The highest BCUT2D eigenvalue weighted by Crippen LogP contribution is 2.20. The summed E-state index contributed by atoms with van der Waals surface area (Å²) < 4.78 is 26.3. The van der Waals surface area contributed by atoms with Crippen molar-refractivity contribution in [1.29, 1.82) is 0 Å². The van der Waals surface area contributed by atoms with Gasteiger partial charge in [0.1, 0.15) is 11.6 Å². The minimum atomic E-state index is -0.347. The molecule has 0 saturated carbocycles. The lowest BCUT2D eigenvalue weighted by molar-refractivity contribution is 0.368. The Bertz CT molecular complexity index is 338. The molecule has 0 radical (unpaired) electrons. The van der Waals surface area contributed by atoms with Crippen molar-refractivity contribution >= 4 is 12.4 Å². The summed E-state index contributed by atoms with van der Waals surface area (Å²) in [4.78, 5) is 0. The van der Waals surface area contributed by atoms with Crippen LogP contribution in [0.2, 0.25) is 0 Å². The van der Waals surface area contributed by atoms with E-state index in [2.05, 4.69) is 5.32 Å². The van der Waals surface area contributed by atoms with Crippen LogP contribution in [-0.2, 0) is 6.42 Å². The van der Waals surface area contributed by atoms with Crippen molar-refractivity contribution in [2.45, 2.75) is 19.3 Å². The van der Waals surface area contributed by atoms with Crippen LogP contribution < -0.4 is 5.32 Å². The van der Waals surface area contributed by atoms with Crippen molar-refractivity contribution in [3.05, 3.63) is 35.4 Å². The van der Waals surface area contributed by atoms with Gasteiger partial charge in [-0.2, -0.15) is 0 Å². The zero-order valence-corrected chi connectivity index (χ0v) is 9.83. The van der Waals surface area contributed by atoms with E-state index in [1.807, 2.05) is 0 Å². The summed E-state index contributed by atoms with van der Waals surface area (Å²) in [5.74, 6) is -0.141. The van der Waals surface area contributed by atoms with Crippen molar-refractivity contribution in [1.82, 2.24) is 5.32 Å². The predicted molar refractivity (Wildman–Crippen MR) is 62.9 cm³/mol. The molecule has 1 aliphatic heterocycles. The third-order valence-electron chi connectivity index (χ3n) is 2.98. The second kappa shape index (κ2) is 6.16. The van der Waals surface area contributed by atoms with E-state index < -0.39 is 0 Å². The van der Waals surface area contributed by atoms with E-state index in [4.69, 9.17) is 0 Å². The SMILES string of the molecule is Cl.Fc1ccc(F)c(CC2CCNCC2)c1. The molecule has 1 heterocycles. The average molecular weight is 248 g/mol. The van der Waals surface area contributed by atoms with Gasteiger partial charge in [-0.05, 0) is 62.0 Å². The Morgan fingerprint density at radius 2 is 1.88 bits per heavy atom. The molecule has 1 nitrogen and oxygen atoms in total. The second-order valence-corrected chi connectivity index (χ2v) is 4.13. The van der Waals surface area contributed by atoms with E-state index >= 15 is 0 Å². The predicted octanol–water partition coefficient (Wildman–Crippen LogP) is 2.93. The van der Waals surface area contributed by atoms with Crippen molar-refractivity contribution in [3.63, 3.8) is 0 Å². The van der Waals surface area contributed by atoms with Crippen LogP contribution in [0.4, 0.5) is 8.78 Å². The van der Waals surface area contributed by atoms with E-state index in [1.165, 1.54) is 18.2 Å². The van der Waals surface area contributed by atoms with Crippen LogP contribution in [0.1, 0.15) is 18.4 Å². The van der Waals surface area contributed by atoms with Crippen molar-refractivity contribution in [2.24, 2.45) is 5.92 Å². The number of nitrogens with one attached hydrogen (secondary N) is 1. The number of hydrogen-bond acceptors (Lipinski definition) is 1. The highest BCUT2D eigenvalue weighted by Gasteiger charge is 2.15. The van der Waals surface area contributed by atoms with Crippen molar-refractivity contribution in [2.75, 3.05) is 13.1 Å². The molecular formula is C12H16ClF2N. The molecule has 1 fully saturated rings. The third kappa shape index (κ3) is 3.42. The summed E-state index contributed by atoms with van der Waals surface area (Å²) in [5.41, 5.74) is 0.516. The number of piperidine rings is 1. The molecule has 0 aliphatic carbocycles. The van der Waals surface area contributed by atoms with Crippen LogP contribution >= 0.6 is 12.4 Å². The molecule has 0 unspecified atom stereocenters. The van der Waals surface area contributed by atoms with Gasteiger partial charge in [-0.15, -0.1) is 12.4 Å². The molecule has 0 atom stereocenters. The van der Waals surface area contributed by atoms with Gasteiger partial charge in [0.15, 0.2) is 0 Å². The van der Waals surface area contributed by atoms with E-state index in [0.29, 0.717) is 17.9 Å². The molecule has 1 aliphatic rings. The van der Waals surface area contributed by atoms with Crippen LogP contribution in [0.15, 0.2) is 18.2 Å². The van der Waals surface area contributed by atoms with Gasteiger partial charge in [-0.3, -0.25) is 0 Å². The molecule has 1 N–H and O–H groups in total. The van der Waals surface area contributed by atoms with Crippen molar-refractivity contribution < 1.29 is 8.78 Å². The lowest BCUT2D eigenvalue weighted by Gasteiger charge is -2.22. The molecule has 90 valence electrons. The van der Waals surface area contributed by atoms with E-state index in [0.717, 1.165) is 25.9 Å². The number of halogens is 3. The summed E-state index contributed by atoms with van der Waals surface area (Å²) in [6.07, 6.45) is 2.76. The molecule has 0 bridgehead atoms. The molecule has 16 heavy (non-hydrogen) atoms. The van der Waals surface area contributed by atoms with Crippen molar-refractivity contribution in [3.8, 4) is 0 Å². The van der Waals surface area contributed by atoms with Crippen LogP contribution in [0, 0.1) is 17.6 Å². The first-order valence-corrected chi connectivity index (χ1v) is 5.40. The number of rotatable bonds is 2. The molecule has 4 heteroatoms. The molecule has 1 aromatic rings. The van der Waals surface area contributed by atoms with E-state index in [-0.39, 0.29) is 24.0 Å². The van der Waals surface area contributed by atoms with Gasteiger partial charge in [0.05, 0.1) is 0 Å². The summed E-state index contributed by atoms with van der Waals surface area (Å²) in [6.45, 7) is 1.98. The summed E-state index contributed by atoms with van der Waals surface area (Å²) >= 11 is 0. The first-order chi connectivity index (χ1) is 7.25. The Hall–Kier alpha value is -0.670. The average Bonchev–Trinajstić information content (AvgIpc) is 2.25. The maximum absolute atomic E-state index is 13.3. The number of hydrogen-bond donors (Lipinski definition) is 1. The van der Waals surface area contributed by atoms with Crippen LogP contribution in [-0.4, -0.2) is 13.1 Å². The zero-order chi connectivity index (χ0) is 10.7. The molecule has 2 rings (SSSR count). The summed E-state index contributed by atoms with van der Waals surface area (Å²) in [5, 5.41) is 3.26. The first-order valence-electron chi connectivity index (χ1n) is 5.40. The second-order valence-electron chi connectivity index (χ2n) is 4.13. The Labute approximate surface area is 101 Å². The molecule has 0 amide bonds. The van der Waals surface area contributed by atoms with E-state index in [9.17, 15) is 8.78 Å². The van der Waals surface area contributed by atoms with Gasteiger partial charge in [0.2, 0.25) is 0 Å². The summed E-state index contributed by atoms with van der Waals surface area (Å²) in [6, 6.07) is 3.70. The smallest absolute Gasteiger partial charge is 0.126 e. The van der Waals surface area contributed by atoms with Crippen LogP contribution in [0.25, 0.3) is 0 Å². The highest BCUT2D eigenvalue weighted by atomic mass is 35.5. The molecule has 0 aromatic heterocycles. The molecule has 0 spiro atoms. The Balaban J connectivity index is 0.00000128. The standard InChI is InChI=1S/C12H15F2N.ClH/c13-11-1-2-12(14)10(8-11)7-9-3-5-15-6-4-9;/h1-2,8-9,15H,3-7H2;1H.